The van der Waals surface area contributed by atoms with E-state index in [1.165, 1.54) is 4.31 Å². The van der Waals surface area contributed by atoms with Gasteiger partial charge in [-0.2, -0.15) is 4.31 Å². The number of hydrogen-bond donors (Lipinski definition) is 0. The second-order valence-corrected chi connectivity index (χ2v) is 8.16. The molecule has 0 aromatic heterocycles. The minimum atomic E-state index is -3.59. The van der Waals surface area contributed by atoms with Crippen LogP contribution in [0.15, 0.2) is 35.2 Å². The number of hydrogen-bond acceptors (Lipinski definition) is 4. The standard InChI is InChI=1S/C19H25NO4S/c1-13-9-14(2)19(15(3)10-13)25(21,22)20(4)12-16-7-8-17(23-5)18(11-16)24-6/h7-11H,12H2,1-6H3. The Bertz CT molecular complexity index is 852. The molecule has 0 N–H and O–H groups in total. The molecule has 0 saturated heterocycles. The summed E-state index contributed by atoms with van der Waals surface area (Å²) in [5, 5.41) is 0. The summed E-state index contributed by atoms with van der Waals surface area (Å²) in [4.78, 5) is 0.376. The lowest BCUT2D eigenvalue weighted by Crippen LogP contribution is -2.27. The van der Waals surface area contributed by atoms with E-state index in [9.17, 15) is 8.42 Å². The monoisotopic (exact) mass is 363 g/mol. The van der Waals surface area contributed by atoms with Crippen LogP contribution in [-0.2, 0) is 16.6 Å². The summed E-state index contributed by atoms with van der Waals surface area (Å²) < 4.78 is 37.9. The molecular weight excluding hydrogens is 338 g/mol. The maximum Gasteiger partial charge on any atom is 0.243 e. The van der Waals surface area contributed by atoms with E-state index < -0.39 is 10.0 Å². The molecule has 2 aromatic rings. The van der Waals surface area contributed by atoms with Crippen molar-refractivity contribution in [1.29, 1.82) is 0 Å². The van der Waals surface area contributed by atoms with E-state index in [0.717, 1.165) is 22.3 Å². The van der Waals surface area contributed by atoms with Crippen LogP contribution >= 0.6 is 0 Å². The van der Waals surface area contributed by atoms with Gasteiger partial charge in [-0.1, -0.05) is 23.8 Å². The Labute approximate surface area is 150 Å². The smallest absolute Gasteiger partial charge is 0.243 e. The highest BCUT2D eigenvalue weighted by Crippen LogP contribution is 2.29. The largest absolute Gasteiger partial charge is 0.493 e. The van der Waals surface area contributed by atoms with Gasteiger partial charge in [0.25, 0.3) is 0 Å². The van der Waals surface area contributed by atoms with E-state index in [1.54, 1.807) is 33.4 Å². The van der Waals surface area contributed by atoms with Crippen LogP contribution < -0.4 is 9.47 Å². The number of aryl methyl sites for hydroxylation is 3. The zero-order valence-corrected chi connectivity index (χ0v) is 16.4. The fraction of sp³-hybridized carbons (Fsp3) is 0.368. The molecule has 5 nitrogen and oxygen atoms in total. The average molecular weight is 363 g/mol. The quantitative estimate of drug-likeness (QED) is 0.789. The highest BCUT2D eigenvalue weighted by atomic mass is 32.2. The third-order valence-corrected chi connectivity index (χ3v) is 6.24. The molecule has 0 atom stereocenters. The zero-order chi connectivity index (χ0) is 18.8. The predicted molar refractivity (Wildman–Crippen MR) is 98.9 cm³/mol. The van der Waals surface area contributed by atoms with Crippen LogP contribution in [0, 0.1) is 20.8 Å². The van der Waals surface area contributed by atoms with Crippen LogP contribution in [0.1, 0.15) is 22.3 Å². The molecule has 0 bridgehead atoms. The van der Waals surface area contributed by atoms with Crippen molar-refractivity contribution in [1.82, 2.24) is 4.31 Å². The lowest BCUT2D eigenvalue weighted by atomic mass is 10.1. The Hall–Kier alpha value is -2.05. The van der Waals surface area contributed by atoms with Crippen LogP contribution in [0.25, 0.3) is 0 Å². The molecule has 0 aliphatic carbocycles. The van der Waals surface area contributed by atoms with E-state index in [0.29, 0.717) is 16.4 Å². The van der Waals surface area contributed by atoms with E-state index in [1.807, 2.05) is 39.0 Å². The summed E-state index contributed by atoms with van der Waals surface area (Å²) in [5.41, 5.74) is 3.40. The Morgan fingerprint density at radius 1 is 0.920 bits per heavy atom. The third-order valence-electron chi connectivity index (χ3n) is 4.13. The molecule has 2 aromatic carbocycles. The van der Waals surface area contributed by atoms with Gasteiger partial charge in [-0.15, -0.1) is 0 Å². The van der Waals surface area contributed by atoms with Gasteiger partial charge in [-0.3, -0.25) is 0 Å². The van der Waals surface area contributed by atoms with Gasteiger partial charge < -0.3 is 9.47 Å². The minimum absolute atomic E-state index is 0.245. The number of nitrogens with zero attached hydrogens (tertiary/aromatic N) is 1. The molecular formula is C19H25NO4S. The van der Waals surface area contributed by atoms with E-state index in [2.05, 4.69) is 0 Å². The van der Waals surface area contributed by atoms with Crippen molar-refractivity contribution in [2.24, 2.45) is 0 Å². The van der Waals surface area contributed by atoms with E-state index in [4.69, 9.17) is 9.47 Å². The summed E-state index contributed by atoms with van der Waals surface area (Å²) in [7, 11) is 1.12. The molecule has 0 spiro atoms. The van der Waals surface area contributed by atoms with Crippen LogP contribution in [0.5, 0.6) is 11.5 Å². The Morgan fingerprint density at radius 3 is 2.00 bits per heavy atom. The Morgan fingerprint density at radius 2 is 1.48 bits per heavy atom. The predicted octanol–water partition coefficient (Wildman–Crippen LogP) is 3.45. The molecule has 0 heterocycles. The second-order valence-electron chi connectivity index (χ2n) is 6.18. The lowest BCUT2D eigenvalue weighted by molar-refractivity contribution is 0.354. The molecule has 6 heteroatoms. The van der Waals surface area contributed by atoms with Crippen LogP contribution in [-0.4, -0.2) is 34.0 Å². The van der Waals surface area contributed by atoms with Gasteiger partial charge in [0, 0.05) is 13.6 Å². The molecule has 0 saturated carbocycles. The van der Waals surface area contributed by atoms with Gasteiger partial charge in [-0.05, 0) is 49.6 Å². The summed E-state index contributed by atoms with van der Waals surface area (Å²) in [6.45, 7) is 5.87. The van der Waals surface area contributed by atoms with Gasteiger partial charge in [0.1, 0.15) is 0 Å². The van der Waals surface area contributed by atoms with Crippen LogP contribution in [0.2, 0.25) is 0 Å². The molecule has 25 heavy (non-hydrogen) atoms. The highest BCUT2D eigenvalue weighted by molar-refractivity contribution is 7.89. The lowest BCUT2D eigenvalue weighted by Gasteiger charge is -2.21. The number of rotatable bonds is 6. The highest BCUT2D eigenvalue weighted by Gasteiger charge is 2.25. The molecule has 0 aliphatic heterocycles. The van der Waals surface area contributed by atoms with Crippen molar-refractivity contribution in [3.8, 4) is 11.5 Å². The van der Waals surface area contributed by atoms with Gasteiger partial charge in [0.15, 0.2) is 11.5 Å². The van der Waals surface area contributed by atoms with E-state index in [-0.39, 0.29) is 6.54 Å². The Kier molecular flexibility index (Phi) is 5.75. The molecule has 0 unspecified atom stereocenters. The number of benzene rings is 2. The van der Waals surface area contributed by atoms with Crippen molar-refractivity contribution in [2.45, 2.75) is 32.2 Å². The van der Waals surface area contributed by atoms with Gasteiger partial charge >= 0.3 is 0 Å². The summed E-state index contributed by atoms with van der Waals surface area (Å²) in [6.07, 6.45) is 0. The molecule has 0 radical (unpaired) electrons. The fourth-order valence-electron chi connectivity index (χ4n) is 3.05. The van der Waals surface area contributed by atoms with Crippen molar-refractivity contribution < 1.29 is 17.9 Å². The van der Waals surface area contributed by atoms with Crippen molar-refractivity contribution in [3.05, 3.63) is 52.6 Å². The molecule has 0 amide bonds. The summed E-state index contributed by atoms with van der Waals surface area (Å²) >= 11 is 0. The van der Waals surface area contributed by atoms with Gasteiger partial charge in [0.2, 0.25) is 10.0 Å². The first kappa shape index (κ1) is 19.3. The maximum atomic E-state index is 13.0. The van der Waals surface area contributed by atoms with E-state index >= 15 is 0 Å². The minimum Gasteiger partial charge on any atom is -0.493 e. The molecule has 2 rings (SSSR count). The molecule has 136 valence electrons. The summed E-state index contributed by atoms with van der Waals surface area (Å²) in [6, 6.07) is 9.19. The van der Waals surface area contributed by atoms with Gasteiger partial charge in [0.05, 0.1) is 19.1 Å². The average Bonchev–Trinajstić information content (AvgIpc) is 2.53. The third kappa shape index (κ3) is 3.96. The number of ether oxygens (including phenoxy) is 2. The van der Waals surface area contributed by atoms with Gasteiger partial charge in [-0.25, -0.2) is 8.42 Å². The molecule has 0 aliphatic rings. The van der Waals surface area contributed by atoms with Crippen LogP contribution in [0.3, 0.4) is 0 Å². The fourth-order valence-corrected chi connectivity index (χ4v) is 4.61. The first-order chi connectivity index (χ1) is 11.7. The summed E-state index contributed by atoms with van der Waals surface area (Å²) in [5.74, 6) is 1.19. The number of methoxy groups -OCH3 is 2. The van der Waals surface area contributed by atoms with Crippen molar-refractivity contribution in [2.75, 3.05) is 21.3 Å². The topological polar surface area (TPSA) is 55.8 Å². The normalized spacial score (nSPS) is 11.6. The van der Waals surface area contributed by atoms with Crippen LogP contribution in [0.4, 0.5) is 0 Å². The number of sulfonamides is 1. The second kappa shape index (κ2) is 7.45. The van der Waals surface area contributed by atoms with Crippen molar-refractivity contribution in [3.63, 3.8) is 0 Å². The molecule has 0 fully saturated rings. The Balaban J connectivity index is 2.36. The maximum absolute atomic E-state index is 13.0. The first-order valence-corrected chi connectivity index (χ1v) is 9.39. The zero-order valence-electron chi connectivity index (χ0n) is 15.6. The van der Waals surface area contributed by atoms with Crippen molar-refractivity contribution >= 4 is 10.0 Å². The SMILES string of the molecule is COc1ccc(CN(C)S(=O)(=O)c2c(C)cc(C)cc2C)cc1OC. The first-order valence-electron chi connectivity index (χ1n) is 7.95.